The third-order valence-electron chi connectivity index (χ3n) is 3.17. The molecule has 0 aliphatic carbocycles. The standard InChI is InChI=1S/C12H23F3N2O/c13-12(14,15)5-1-7-17-8-3-11(4-9-17)18-10-2-6-16/h11H,1-10,16H2. The molecule has 1 rings (SSSR count). The number of rotatable bonds is 7. The van der Waals surface area contributed by atoms with E-state index in [1.807, 2.05) is 0 Å². The topological polar surface area (TPSA) is 38.5 Å². The molecule has 0 atom stereocenters. The summed E-state index contributed by atoms with van der Waals surface area (Å²) in [5.41, 5.74) is 5.38. The van der Waals surface area contributed by atoms with Crippen LogP contribution in [-0.2, 0) is 4.74 Å². The number of piperidine rings is 1. The third kappa shape index (κ3) is 7.18. The number of alkyl halides is 3. The number of hydrogen-bond donors (Lipinski definition) is 1. The van der Waals surface area contributed by atoms with E-state index in [-0.39, 0.29) is 12.5 Å². The highest BCUT2D eigenvalue weighted by Gasteiger charge is 2.27. The van der Waals surface area contributed by atoms with E-state index >= 15 is 0 Å². The first kappa shape index (κ1) is 15.7. The fraction of sp³-hybridized carbons (Fsp3) is 1.00. The van der Waals surface area contributed by atoms with Gasteiger partial charge in [0.15, 0.2) is 0 Å². The smallest absolute Gasteiger partial charge is 0.378 e. The van der Waals surface area contributed by atoms with Crippen molar-refractivity contribution in [2.24, 2.45) is 5.73 Å². The van der Waals surface area contributed by atoms with Crippen molar-refractivity contribution < 1.29 is 17.9 Å². The second-order valence-electron chi connectivity index (χ2n) is 4.77. The molecule has 3 nitrogen and oxygen atoms in total. The molecule has 1 fully saturated rings. The molecule has 6 heteroatoms. The largest absolute Gasteiger partial charge is 0.389 e. The van der Waals surface area contributed by atoms with Crippen molar-refractivity contribution in [1.82, 2.24) is 4.90 Å². The van der Waals surface area contributed by atoms with Gasteiger partial charge in [0.2, 0.25) is 0 Å². The van der Waals surface area contributed by atoms with Crippen LogP contribution in [-0.4, -0.2) is 50.0 Å². The molecule has 1 heterocycles. The molecule has 0 unspecified atom stereocenters. The van der Waals surface area contributed by atoms with Crippen LogP contribution in [0.5, 0.6) is 0 Å². The Hall–Kier alpha value is -0.330. The van der Waals surface area contributed by atoms with E-state index in [0.29, 0.717) is 19.7 Å². The highest BCUT2D eigenvalue weighted by molar-refractivity contribution is 4.72. The van der Waals surface area contributed by atoms with Gasteiger partial charge in [0.1, 0.15) is 0 Å². The summed E-state index contributed by atoms with van der Waals surface area (Å²) in [4.78, 5) is 2.09. The zero-order valence-corrected chi connectivity index (χ0v) is 10.7. The van der Waals surface area contributed by atoms with Crippen molar-refractivity contribution in [3.63, 3.8) is 0 Å². The molecule has 0 bridgehead atoms. The lowest BCUT2D eigenvalue weighted by Gasteiger charge is -2.31. The maximum absolute atomic E-state index is 12.0. The number of ether oxygens (including phenoxy) is 1. The van der Waals surface area contributed by atoms with Crippen molar-refractivity contribution in [2.45, 2.75) is 44.4 Å². The van der Waals surface area contributed by atoms with Gasteiger partial charge in [0.25, 0.3) is 0 Å². The maximum Gasteiger partial charge on any atom is 0.389 e. The molecule has 1 aliphatic rings. The monoisotopic (exact) mass is 268 g/mol. The minimum absolute atomic E-state index is 0.197. The van der Waals surface area contributed by atoms with Gasteiger partial charge in [-0.25, -0.2) is 0 Å². The first-order valence-electron chi connectivity index (χ1n) is 6.62. The quantitative estimate of drug-likeness (QED) is 0.719. The number of hydrogen-bond acceptors (Lipinski definition) is 3. The Morgan fingerprint density at radius 2 is 1.83 bits per heavy atom. The van der Waals surface area contributed by atoms with E-state index in [4.69, 9.17) is 10.5 Å². The van der Waals surface area contributed by atoms with Crippen LogP contribution in [0.4, 0.5) is 13.2 Å². The first-order chi connectivity index (χ1) is 8.51. The summed E-state index contributed by atoms with van der Waals surface area (Å²) in [5, 5.41) is 0. The summed E-state index contributed by atoms with van der Waals surface area (Å²) in [6.45, 7) is 3.54. The summed E-state index contributed by atoms with van der Waals surface area (Å²) in [5.74, 6) is 0. The van der Waals surface area contributed by atoms with Gasteiger partial charge in [0, 0.05) is 26.1 Å². The van der Waals surface area contributed by atoms with Crippen LogP contribution in [0.3, 0.4) is 0 Å². The van der Waals surface area contributed by atoms with Gasteiger partial charge >= 0.3 is 6.18 Å². The van der Waals surface area contributed by atoms with Gasteiger partial charge < -0.3 is 15.4 Å². The molecule has 0 aromatic carbocycles. The minimum atomic E-state index is -4.02. The highest BCUT2D eigenvalue weighted by Crippen LogP contribution is 2.22. The van der Waals surface area contributed by atoms with Crippen LogP contribution in [0, 0.1) is 0 Å². The van der Waals surface area contributed by atoms with Crippen molar-refractivity contribution in [3.05, 3.63) is 0 Å². The van der Waals surface area contributed by atoms with Crippen LogP contribution in [0.15, 0.2) is 0 Å². The third-order valence-corrected chi connectivity index (χ3v) is 3.17. The predicted octanol–water partition coefficient (Wildman–Crippen LogP) is 2.16. The summed E-state index contributed by atoms with van der Waals surface area (Å²) < 4.78 is 41.6. The van der Waals surface area contributed by atoms with E-state index in [2.05, 4.69) is 4.90 Å². The summed E-state index contributed by atoms with van der Waals surface area (Å²) in [7, 11) is 0. The number of halogens is 3. The SMILES string of the molecule is NCCCOC1CCN(CCCC(F)(F)F)CC1. The maximum atomic E-state index is 12.0. The number of nitrogens with two attached hydrogens (primary N) is 1. The Kier molecular flexibility index (Phi) is 6.96. The molecule has 1 aliphatic heterocycles. The molecule has 0 aromatic heterocycles. The fourth-order valence-corrected chi connectivity index (χ4v) is 2.14. The highest BCUT2D eigenvalue weighted by atomic mass is 19.4. The summed E-state index contributed by atoms with van der Waals surface area (Å²) in [6.07, 6.45) is -1.56. The lowest BCUT2D eigenvalue weighted by Crippen LogP contribution is -2.38. The molecular weight excluding hydrogens is 245 g/mol. The lowest BCUT2D eigenvalue weighted by molar-refractivity contribution is -0.136. The van der Waals surface area contributed by atoms with Crippen LogP contribution in [0.1, 0.15) is 32.1 Å². The molecule has 2 N–H and O–H groups in total. The van der Waals surface area contributed by atoms with Gasteiger partial charge in [-0.15, -0.1) is 0 Å². The molecule has 0 spiro atoms. The number of likely N-dealkylation sites (tertiary alicyclic amines) is 1. The molecule has 18 heavy (non-hydrogen) atoms. The van der Waals surface area contributed by atoms with Crippen molar-refractivity contribution >= 4 is 0 Å². The molecule has 108 valence electrons. The zero-order chi connectivity index (χ0) is 13.4. The average molecular weight is 268 g/mol. The summed E-state index contributed by atoms with van der Waals surface area (Å²) >= 11 is 0. The Labute approximate surface area is 106 Å². The second kappa shape index (κ2) is 7.96. The summed E-state index contributed by atoms with van der Waals surface area (Å²) in [6, 6.07) is 0. The van der Waals surface area contributed by atoms with Gasteiger partial charge in [-0.1, -0.05) is 0 Å². The van der Waals surface area contributed by atoms with E-state index in [1.54, 1.807) is 0 Å². The normalized spacial score (nSPS) is 19.3. The van der Waals surface area contributed by atoms with Crippen LogP contribution in [0.2, 0.25) is 0 Å². The predicted molar refractivity (Wildman–Crippen MR) is 64.4 cm³/mol. The van der Waals surface area contributed by atoms with Crippen molar-refractivity contribution in [3.8, 4) is 0 Å². The van der Waals surface area contributed by atoms with Crippen LogP contribution in [0.25, 0.3) is 0 Å². The molecule has 0 aromatic rings. The molecule has 0 saturated carbocycles. The van der Waals surface area contributed by atoms with Gasteiger partial charge in [-0.05, 0) is 38.8 Å². The molecule has 0 amide bonds. The first-order valence-corrected chi connectivity index (χ1v) is 6.62. The Morgan fingerprint density at radius 1 is 1.17 bits per heavy atom. The van der Waals surface area contributed by atoms with Gasteiger partial charge in [-0.3, -0.25) is 0 Å². The Bertz CT molecular complexity index is 216. The second-order valence-corrected chi connectivity index (χ2v) is 4.77. The fourth-order valence-electron chi connectivity index (χ4n) is 2.14. The lowest BCUT2D eigenvalue weighted by atomic mass is 10.1. The van der Waals surface area contributed by atoms with Crippen molar-refractivity contribution in [1.29, 1.82) is 0 Å². The molecule has 0 radical (unpaired) electrons. The van der Waals surface area contributed by atoms with E-state index in [1.165, 1.54) is 0 Å². The van der Waals surface area contributed by atoms with Crippen LogP contribution < -0.4 is 5.73 Å². The van der Waals surface area contributed by atoms with E-state index in [0.717, 1.165) is 32.4 Å². The Balaban J connectivity index is 2.04. The van der Waals surface area contributed by atoms with Gasteiger partial charge in [0.05, 0.1) is 6.10 Å². The van der Waals surface area contributed by atoms with Crippen molar-refractivity contribution in [2.75, 3.05) is 32.8 Å². The van der Waals surface area contributed by atoms with Crippen LogP contribution >= 0.6 is 0 Å². The zero-order valence-electron chi connectivity index (χ0n) is 10.7. The minimum Gasteiger partial charge on any atom is -0.378 e. The molecule has 1 saturated heterocycles. The van der Waals surface area contributed by atoms with Gasteiger partial charge in [-0.2, -0.15) is 13.2 Å². The number of nitrogens with zero attached hydrogens (tertiary/aromatic N) is 1. The average Bonchev–Trinajstić information content (AvgIpc) is 2.30. The Morgan fingerprint density at radius 3 is 2.39 bits per heavy atom. The van der Waals surface area contributed by atoms with E-state index in [9.17, 15) is 13.2 Å². The molecular formula is C12H23F3N2O. The van der Waals surface area contributed by atoms with E-state index < -0.39 is 12.6 Å².